The van der Waals surface area contributed by atoms with Crippen molar-refractivity contribution in [3.05, 3.63) is 71.5 Å². The summed E-state index contributed by atoms with van der Waals surface area (Å²) in [5, 5.41) is 18.7. The minimum Gasteiger partial charge on any atom is -0.480 e. The summed E-state index contributed by atoms with van der Waals surface area (Å²) in [6.07, 6.45) is 2.95. The fourth-order valence-electron chi connectivity index (χ4n) is 4.68. The first-order chi connectivity index (χ1) is 16.9. The Morgan fingerprint density at radius 2 is 1.71 bits per heavy atom. The number of aryl methyl sites for hydroxylation is 1. The van der Waals surface area contributed by atoms with Crippen molar-refractivity contribution in [2.75, 3.05) is 11.9 Å². The number of carbonyl (C=O) groups is 3. The molecular weight excluding hydrogens is 448 g/mol. The van der Waals surface area contributed by atoms with E-state index in [0.717, 1.165) is 35.1 Å². The Kier molecular flexibility index (Phi) is 5.98. The predicted molar refractivity (Wildman–Crippen MR) is 128 cm³/mol. The summed E-state index contributed by atoms with van der Waals surface area (Å²) in [4.78, 5) is 37.1. The van der Waals surface area contributed by atoms with Crippen LogP contribution in [0, 0.1) is 5.92 Å². The minimum atomic E-state index is -1.08. The lowest BCUT2D eigenvalue weighted by molar-refractivity contribution is -0.139. The minimum absolute atomic E-state index is 0.0561. The van der Waals surface area contributed by atoms with Gasteiger partial charge in [-0.2, -0.15) is 5.10 Å². The Bertz CT molecular complexity index is 1250. The fraction of sp³-hybridized carbons (Fsp3) is 0.308. The summed E-state index contributed by atoms with van der Waals surface area (Å²) < 4.78 is 6.85. The Balaban J connectivity index is 1.26. The number of carbonyl (C=O) groups excluding carboxylic acids is 2. The van der Waals surface area contributed by atoms with Crippen LogP contribution in [0.4, 0.5) is 10.5 Å². The molecule has 2 aliphatic carbocycles. The molecule has 35 heavy (non-hydrogen) atoms. The summed E-state index contributed by atoms with van der Waals surface area (Å²) in [7, 11) is 1.55. The second kappa shape index (κ2) is 9.25. The summed E-state index contributed by atoms with van der Waals surface area (Å²) in [6.45, 7) is 0.129. The number of rotatable bonds is 8. The molecule has 5 rings (SSSR count). The van der Waals surface area contributed by atoms with Crippen molar-refractivity contribution in [3.8, 4) is 11.1 Å². The number of carboxylic acids is 1. The van der Waals surface area contributed by atoms with Gasteiger partial charge in [-0.05, 0) is 34.6 Å². The lowest BCUT2D eigenvalue weighted by atomic mass is 9.98. The molecule has 180 valence electrons. The van der Waals surface area contributed by atoms with Crippen LogP contribution < -0.4 is 10.6 Å². The van der Waals surface area contributed by atoms with E-state index in [9.17, 15) is 19.5 Å². The highest BCUT2D eigenvalue weighted by Gasteiger charge is 2.32. The largest absolute Gasteiger partial charge is 0.480 e. The van der Waals surface area contributed by atoms with E-state index in [2.05, 4.69) is 27.9 Å². The number of nitrogens with one attached hydrogen (secondary N) is 2. The first kappa shape index (κ1) is 22.6. The molecule has 0 aliphatic heterocycles. The zero-order valence-electron chi connectivity index (χ0n) is 19.2. The summed E-state index contributed by atoms with van der Waals surface area (Å²) >= 11 is 0. The number of aliphatic carboxylic acids is 1. The van der Waals surface area contributed by atoms with Crippen LogP contribution in [0.2, 0.25) is 0 Å². The standard InChI is InChI=1S/C26H26N4O5/c1-30-23(24(31)28-21(25(32)33)12-15-10-11-15)22(13-27-30)29-26(34)35-14-20-18-8-4-2-6-16(18)17-7-3-5-9-19(17)20/h2-9,13,15,20-21H,10-12,14H2,1H3,(H,28,31)(H,29,34)(H,32,33). The van der Waals surface area contributed by atoms with Crippen LogP contribution in [-0.4, -0.2) is 45.5 Å². The molecule has 2 amide bonds. The molecule has 2 aromatic carbocycles. The zero-order valence-corrected chi connectivity index (χ0v) is 19.2. The van der Waals surface area contributed by atoms with Gasteiger partial charge in [-0.15, -0.1) is 0 Å². The molecule has 3 aromatic rings. The maximum Gasteiger partial charge on any atom is 0.411 e. The van der Waals surface area contributed by atoms with E-state index < -0.39 is 24.0 Å². The van der Waals surface area contributed by atoms with Crippen molar-refractivity contribution in [1.82, 2.24) is 15.1 Å². The number of fused-ring (bicyclic) bond motifs is 3. The van der Waals surface area contributed by atoms with Crippen LogP contribution >= 0.6 is 0 Å². The van der Waals surface area contributed by atoms with Crippen molar-refractivity contribution in [2.24, 2.45) is 13.0 Å². The first-order valence-corrected chi connectivity index (χ1v) is 11.6. The van der Waals surface area contributed by atoms with Crippen LogP contribution in [0.3, 0.4) is 0 Å². The maximum atomic E-state index is 12.9. The van der Waals surface area contributed by atoms with Gasteiger partial charge >= 0.3 is 12.1 Å². The van der Waals surface area contributed by atoms with Crippen LogP contribution in [0.25, 0.3) is 11.1 Å². The van der Waals surface area contributed by atoms with Gasteiger partial charge in [0.25, 0.3) is 5.91 Å². The molecule has 1 aromatic heterocycles. The molecule has 9 heteroatoms. The molecule has 0 radical (unpaired) electrons. The lowest BCUT2D eigenvalue weighted by Crippen LogP contribution is -2.42. The second-order valence-electron chi connectivity index (χ2n) is 9.02. The average molecular weight is 475 g/mol. The molecule has 0 spiro atoms. The highest BCUT2D eigenvalue weighted by atomic mass is 16.5. The van der Waals surface area contributed by atoms with Crippen molar-refractivity contribution in [2.45, 2.75) is 31.2 Å². The van der Waals surface area contributed by atoms with Crippen LogP contribution in [0.1, 0.15) is 46.8 Å². The number of carboxylic acid groups (broad SMARTS) is 1. The number of anilines is 1. The van der Waals surface area contributed by atoms with Gasteiger partial charge in [0.2, 0.25) is 0 Å². The Labute approximate surface area is 202 Å². The first-order valence-electron chi connectivity index (χ1n) is 11.6. The van der Waals surface area contributed by atoms with Crippen LogP contribution in [0.15, 0.2) is 54.7 Å². The molecule has 1 atom stereocenters. The Morgan fingerprint density at radius 1 is 1.09 bits per heavy atom. The van der Waals surface area contributed by atoms with Gasteiger partial charge < -0.3 is 15.2 Å². The maximum absolute atomic E-state index is 12.9. The van der Waals surface area contributed by atoms with Gasteiger partial charge in [0.15, 0.2) is 0 Å². The third-order valence-electron chi connectivity index (χ3n) is 6.60. The molecule has 2 aliphatic rings. The number of amides is 2. The molecule has 1 unspecified atom stereocenters. The van der Waals surface area contributed by atoms with E-state index in [4.69, 9.17) is 4.74 Å². The molecule has 1 heterocycles. The van der Waals surface area contributed by atoms with Crippen LogP contribution in [0.5, 0.6) is 0 Å². The summed E-state index contributed by atoms with van der Waals surface area (Å²) in [5.41, 5.74) is 4.65. The van der Waals surface area contributed by atoms with Crippen LogP contribution in [-0.2, 0) is 16.6 Å². The van der Waals surface area contributed by atoms with E-state index in [1.54, 1.807) is 7.05 Å². The highest BCUT2D eigenvalue weighted by molar-refractivity contribution is 6.02. The smallest absolute Gasteiger partial charge is 0.411 e. The number of hydrogen-bond donors (Lipinski definition) is 3. The lowest BCUT2D eigenvalue weighted by Gasteiger charge is -2.16. The van der Waals surface area contributed by atoms with Gasteiger partial charge in [0.1, 0.15) is 18.3 Å². The topological polar surface area (TPSA) is 123 Å². The van der Waals surface area contributed by atoms with Crippen molar-refractivity contribution in [3.63, 3.8) is 0 Å². The number of hydrogen-bond acceptors (Lipinski definition) is 5. The molecular formula is C26H26N4O5. The molecule has 9 nitrogen and oxygen atoms in total. The highest BCUT2D eigenvalue weighted by Crippen LogP contribution is 2.44. The van der Waals surface area contributed by atoms with Gasteiger partial charge in [0.05, 0.1) is 11.9 Å². The molecule has 1 saturated carbocycles. The predicted octanol–water partition coefficient (Wildman–Crippen LogP) is 3.76. The van der Waals surface area contributed by atoms with Crippen molar-refractivity contribution >= 4 is 23.7 Å². The monoisotopic (exact) mass is 474 g/mol. The zero-order chi connectivity index (χ0) is 24.5. The summed E-state index contributed by atoms with van der Waals surface area (Å²) in [6, 6.07) is 15.1. The quantitative estimate of drug-likeness (QED) is 0.457. The van der Waals surface area contributed by atoms with E-state index >= 15 is 0 Å². The molecule has 1 fully saturated rings. The van der Waals surface area contributed by atoms with Gasteiger partial charge in [-0.3, -0.25) is 14.8 Å². The number of nitrogens with zero attached hydrogens (tertiary/aromatic N) is 2. The second-order valence-corrected chi connectivity index (χ2v) is 9.02. The molecule has 0 saturated heterocycles. The van der Waals surface area contributed by atoms with E-state index in [-0.39, 0.29) is 23.9 Å². The van der Waals surface area contributed by atoms with Gasteiger partial charge in [-0.1, -0.05) is 61.4 Å². The van der Waals surface area contributed by atoms with Gasteiger partial charge in [-0.25, -0.2) is 9.59 Å². The third kappa shape index (κ3) is 4.62. The SMILES string of the molecule is Cn1ncc(NC(=O)OCC2c3ccccc3-c3ccccc32)c1C(=O)NC(CC1CC1)C(=O)O. The van der Waals surface area contributed by atoms with Gasteiger partial charge in [0, 0.05) is 13.0 Å². The Hall–Kier alpha value is -4.14. The van der Waals surface area contributed by atoms with Crippen molar-refractivity contribution < 1.29 is 24.2 Å². The number of benzene rings is 2. The van der Waals surface area contributed by atoms with E-state index in [0.29, 0.717) is 12.3 Å². The molecule has 3 N–H and O–H groups in total. The fourth-order valence-corrected chi connectivity index (χ4v) is 4.68. The van der Waals surface area contributed by atoms with E-state index in [1.807, 2.05) is 36.4 Å². The third-order valence-corrected chi connectivity index (χ3v) is 6.60. The van der Waals surface area contributed by atoms with Crippen molar-refractivity contribution in [1.29, 1.82) is 0 Å². The van der Waals surface area contributed by atoms with E-state index in [1.165, 1.54) is 10.9 Å². The summed E-state index contributed by atoms with van der Waals surface area (Å²) in [5.74, 6) is -1.48. The number of aromatic nitrogens is 2. The number of ether oxygens (including phenoxy) is 1. The molecule has 0 bridgehead atoms. The normalized spacial score (nSPS) is 15.1. The average Bonchev–Trinajstić information content (AvgIpc) is 3.51. The Morgan fingerprint density at radius 3 is 2.31 bits per heavy atom.